The van der Waals surface area contributed by atoms with Gasteiger partial charge in [-0.05, 0) is 128 Å². The minimum absolute atomic E-state index is 0.0159. The van der Waals surface area contributed by atoms with Gasteiger partial charge in [0.05, 0.1) is 16.7 Å². The van der Waals surface area contributed by atoms with Gasteiger partial charge in [0.1, 0.15) is 0 Å². The first-order valence-electron chi connectivity index (χ1n) is 24.1. The number of hydrogen-bond donors (Lipinski definition) is 0. The Kier molecular flexibility index (Phi) is 8.95. The van der Waals surface area contributed by atoms with Crippen LogP contribution in [0.3, 0.4) is 0 Å². The summed E-state index contributed by atoms with van der Waals surface area (Å²) in [6, 6.07) is 64.7. The van der Waals surface area contributed by atoms with E-state index in [0.29, 0.717) is 0 Å². The highest BCUT2D eigenvalue weighted by Crippen LogP contribution is 2.53. The molecule has 0 aliphatic carbocycles. The van der Waals surface area contributed by atoms with E-state index in [1.807, 2.05) is 0 Å². The molecular formula is C63H58BN3. The highest BCUT2D eigenvalue weighted by molar-refractivity contribution is 6.90. The molecule has 0 atom stereocenters. The highest BCUT2D eigenvalue weighted by Gasteiger charge is 2.46. The van der Waals surface area contributed by atoms with Gasteiger partial charge in [-0.2, -0.15) is 0 Å². The average Bonchev–Trinajstić information content (AvgIpc) is 3.83. The van der Waals surface area contributed by atoms with E-state index in [1.165, 1.54) is 116 Å². The molecule has 12 rings (SSSR count). The molecule has 2 aromatic heterocycles. The van der Waals surface area contributed by atoms with Gasteiger partial charge in [-0.15, -0.1) is 0 Å². The van der Waals surface area contributed by atoms with Gasteiger partial charge in [0.2, 0.25) is 0 Å². The van der Waals surface area contributed by atoms with Crippen molar-refractivity contribution < 1.29 is 0 Å². The first-order chi connectivity index (χ1) is 32.1. The lowest BCUT2D eigenvalue weighted by atomic mass is 9.44. The molecule has 328 valence electrons. The minimum Gasteiger partial charge on any atom is -0.375 e. The predicted octanol–water partition coefficient (Wildman–Crippen LogP) is 15.7. The second-order valence-corrected chi connectivity index (χ2v) is 22.3. The summed E-state index contributed by atoms with van der Waals surface area (Å²) in [4.78, 5) is 2.65. The standard InChI is InChI=1S/C63H58BN3/c1-39-21-17-18-26-46(39)55-50-37-42(62(5,6)7)36-49-48-35-43(63(8,9)10)38-54-57(48)64(67(59(49)50)58(55)40-22-13-11-14-23-40)51-33-34-53-56(60(51)66(54)45-31-29-41(30-32-45)61(2,3)4)47-27-19-20-28-52(47)65(53)44-24-15-12-16-25-44/h11-38H,1-10H3. The van der Waals surface area contributed by atoms with E-state index in [0.717, 1.165) is 5.69 Å². The van der Waals surface area contributed by atoms with Crippen molar-refractivity contribution in [1.29, 1.82) is 0 Å². The number of hydrogen-bond acceptors (Lipinski definition) is 1. The lowest BCUT2D eigenvalue weighted by molar-refractivity contribution is 0.589. The zero-order valence-electron chi connectivity index (χ0n) is 40.6. The molecule has 2 aliphatic heterocycles. The third-order valence-electron chi connectivity index (χ3n) is 14.9. The molecule has 8 aromatic carbocycles. The maximum atomic E-state index is 2.78. The second-order valence-electron chi connectivity index (χ2n) is 22.3. The van der Waals surface area contributed by atoms with Crippen LogP contribution in [-0.4, -0.2) is 15.9 Å². The Labute approximate surface area is 396 Å². The van der Waals surface area contributed by atoms with Crippen molar-refractivity contribution in [3.8, 4) is 39.2 Å². The third-order valence-corrected chi connectivity index (χ3v) is 14.9. The van der Waals surface area contributed by atoms with Crippen LogP contribution in [0.2, 0.25) is 0 Å². The van der Waals surface area contributed by atoms with Crippen molar-refractivity contribution in [1.82, 2.24) is 9.05 Å². The summed E-state index contributed by atoms with van der Waals surface area (Å²) in [6.45, 7) is 23.3. The van der Waals surface area contributed by atoms with E-state index < -0.39 is 0 Å². The fourth-order valence-corrected chi connectivity index (χ4v) is 11.4. The van der Waals surface area contributed by atoms with Crippen LogP contribution < -0.4 is 15.8 Å². The van der Waals surface area contributed by atoms with Gasteiger partial charge in [-0.25, -0.2) is 0 Å². The maximum absolute atomic E-state index is 2.78. The normalized spacial score (nSPS) is 13.5. The SMILES string of the molecule is Cc1ccccc1-c1c(-c2ccccc2)n2c3c(cc(C(C)(C)C)cc13)-c1cc(C(C)(C)C)cc3c1B2c1ccc2c(c1N3c1ccc(C(C)(C)C)cc1)c1ccccc1n2-c1ccccc1. The van der Waals surface area contributed by atoms with Crippen molar-refractivity contribution in [2.45, 2.75) is 85.5 Å². The first kappa shape index (κ1) is 41.4. The van der Waals surface area contributed by atoms with Gasteiger partial charge in [-0.1, -0.05) is 178 Å². The Bertz CT molecular complexity index is 3620. The summed E-state index contributed by atoms with van der Waals surface area (Å²) >= 11 is 0. The van der Waals surface area contributed by atoms with Gasteiger partial charge >= 0.3 is 6.85 Å². The summed E-state index contributed by atoms with van der Waals surface area (Å²) < 4.78 is 5.25. The molecule has 0 saturated heterocycles. The fourth-order valence-electron chi connectivity index (χ4n) is 11.4. The van der Waals surface area contributed by atoms with E-state index in [-0.39, 0.29) is 23.1 Å². The van der Waals surface area contributed by atoms with Crippen molar-refractivity contribution in [2.24, 2.45) is 0 Å². The Hall–Kier alpha value is -7.04. The van der Waals surface area contributed by atoms with E-state index >= 15 is 0 Å². The Balaban J connectivity index is 1.32. The summed E-state index contributed by atoms with van der Waals surface area (Å²) in [5.41, 5.74) is 24.0. The van der Waals surface area contributed by atoms with Crippen LogP contribution in [0.5, 0.6) is 0 Å². The van der Waals surface area contributed by atoms with Crippen LogP contribution in [0, 0.1) is 6.92 Å². The minimum atomic E-state index is -0.134. The van der Waals surface area contributed by atoms with E-state index in [1.54, 1.807) is 0 Å². The number of nitrogens with zero attached hydrogens (tertiary/aromatic N) is 3. The van der Waals surface area contributed by atoms with Crippen LogP contribution >= 0.6 is 0 Å². The smallest absolute Gasteiger partial charge is 0.333 e. The molecule has 4 heterocycles. The molecule has 2 aliphatic rings. The molecule has 0 radical (unpaired) electrons. The van der Waals surface area contributed by atoms with Gasteiger partial charge in [0.25, 0.3) is 0 Å². The van der Waals surface area contributed by atoms with Gasteiger partial charge < -0.3 is 13.9 Å². The van der Waals surface area contributed by atoms with Crippen molar-refractivity contribution in [3.05, 3.63) is 192 Å². The molecule has 0 saturated carbocycles. The summed E-state index contributed by atoms with van der Waals surface area (Å²) in [5.74, 6) is 0. The molecule has 4 heteroatoms. The van der Waals surface area contributed by atoms with E-state index in [2.05, 4.69) is 253 Å². The zero-order chi connectivity index (χ0) is 46.3. The Morgan fingerprint density at radius 2 is 1.07 bits per heavy atom. The number of anilines is 3. The molecular weight excluding hydrogens is 810 g/mol. The number of fused-ring (bicyclic) bond motifs is 8. The number of aryl methyl sites for hydroxylation is 1. The lowest BCUT2D eigenvalue weighted by Crippen LogP contribution is -2.57. The zero-order valence-corrected chi connectivity index (χ0v) is 40.6. The lowest BCUT2D eigenvalue weighted by Gasteiger charge is -2.42. The summed E-state index contributed by atoms with van der Waals surface area (Å²) in [5, 5.41) is 3.83. The van der Waals surface area contributed by atoms with Crippen LogP contribution in [-0.2, 0) is 16.2 Å². The van der Waals surface area contributed by atoms with Crippen molar-refractivity contribution >= 4 is 67.5 Å². The predicted molar refractivity (Wildman–Crippen MR) is 289 cm³/mol. The quantitative estimate of drug-likeness (QED) is 0.161. The number of aromatic nitrogens is 2. The van der Waals surface area contributed by atoms with Gasteiger partial charge in [-0.3, -0.25) is 0 Å². The Morgan fingerprint density at radius 1 is 0.463 bits per heavy atom. The molecule has 0 fully saturated rings. The molecule has 0 spiro atoms. The van der Waals surface area contributed by atoms with Crippen molar-refractivity contribution in [2.75, 3.05) is 4.90 Å². The largest absolute Gasteiger partial charge is 0.375 e. The topological polar surface area (TPSA) is 13.1 Å². The first-order valence-corrected chi connectivity index (χ1v) is 24.1. The van der Waals surface area contributed by atoms with Crippen LogP contribution in [0.15, 0.2) is 170 Å². The number of para-hydroxylation sites is 2. The van der Waals surface area contributed by atoms with E-state index in [9.17, 15) is 0 Å². The molecule has 0 N–H and O–H groups in total. The molecule has 10 aromatic rings. The molecule has 0 bridgehead atoms. The third kappa shape index (κ3) is 6.18. The Morgan fingerprint density at radius 3 is 1.76 bits per heavy atom. The highest BCUT2D eigenvalue weighted by atomic mass is 15.2. The van der Waals surface area contributed by atoms with Gasteiger partial charge in [0.15, 0.2) is 0 Å². The summed E-state index contributed by atoms with van der Waals surface area (Å²) in [6.07, 6.45) is 0. The second kappa shape index (κ2) is 14.5. The van der Waals surface area contributed by atoms with Gasteiger partial charge in [0, 0.05) is 55.6 Å². The number of rotatable bonds is 4. The number of benzene rings is 8. The average molecular weight is 868 g/mol. The van der Waals surface area contributed by atoms with Crippen molar-refractivity contribution in [3.63, 3.8) is 0 Å². The molecule has 3 nitrogen and oxygen atoms in total. The fraction of sp³-hybridized carbons (Fsp3) is 0.206. The van der Waals surface area contributed by atoms with E-state index in [4.69, 9.17) is 0 Å². The maximum Gasteiger partial charge on any atom is 0.333 e. The molecule has 67 heavy (non-hydrogen) atoms. The summed E-state index contributed by atoms with van der Waals surface area (Å²) in [7, 11) is 0. The molecule has 0 unspecified atom stereocenters. The van der Waals surface area contributed by atoms with Crippen LogP contribution in [0.25, 0.3) is 71.9 Å². The van der Waals surface area contributed by atoms with Crippen LogP contribution in [0.1, 0.15) is 84.6 Å². The van der Waals surface area contributed by atoms with Crippen LogP contribution in [0.4, 0.5) is 17.1 Å². The monoisotopic (exact) mass is 867 g/mol. The molecule has 0 amide bonds.